The smallest absolute Gasteiger partial charge is 0.159 e. The van der Waals surface area contributed by atoms with Gasteiger partial charge in [0.15, 0.2) is 5.54 Å². The maximum absolute atomic E-state index is 2.33. The SMILES string of the molecule is C[N+](C)(c1ccccc1)C(Cc1ccccc1)(c1ccccc1)c1ccccc1.[I-]. The summed E-state index contributed by atoms with van der Waals surface area (Å²) in [6.45, 7) is 0. The molecule has 0 aliphatic heterocycles. The molecule has 0 aliphatic carbocycles. The highest BCUT2D eigenvalue weighted by Crippen LogP contribution is 2.45. The van der Waals surface area contributed by atoms with Crippen LogP contribution in [0.5, 0.6) is 0 Å². The molecule has 0 fully saturated rings. The van der Waals surface area contributed by atoms with Gasteiger partial charge in [-0.15, -0.1) is 0 Å². The number of hydrogen-bond donors (Lipinski definition) is 0. The first kappa shape index (κ1) is 22.3. The Morgan fingerprint density at radius 1 is 0.533 bits per heavy atom. The molecule has 0 aromatic heterocycles. The molecule has 0 N–H and O–H groups in total. The average molecular weight is 505 g/mol. The van der Waals surface area contributed by atoms with Crippen molar-refractivity contribution in [3.63, 3.8) is 0 Å². The molecule has 2 heteroatoms. The predicted octanol–water partition coefficient (Wildman–Crippen LogP) is 3.44. The molecular weight excluding hydrogens is 477 g/mol. The van der Waals surface area contributed by atoms with Crippen molar-refractivity contribution in [2.24, 2.45) is 0 Å². The lowest BCUT2D eigenvalue weighted by molar-refractivity contribution is -0.00000582. The largest absolute Gasteiger partial charge is 1.00 e. The zero-order valence-corrected chi connectivity index (χ0v) is 19.7. The van der Waals surface area contributed by atoms with E-state index in [-0.39, 0.29) is 29.5 Å². The van der Waals surface area contributed by atoms with Gasteiger partial charge in [-0.3, -0.25) is 4.48 Å². The van der Waals surface area contributed by atoms with Crippen LogP contribution in [0.25, 0.3) is 0 Å². The van der Waals surface area contributed by atoms with Crippen LogP contribution in [0.2, 0.25) is 0 Å². The molecule has 1 nitrogen and oxygen atoms in total. The molecule has 4 rings (SSSR count). The van der Waals surface area contributed by atoms with E-state index in [2.05, 4.69) is 135 Å². The molecule has 0 atom stereocenters. The minimum atomic E-state index is -0.273. The van der Waals surface area contributed by atoms with Crippen LogP contribution >= 0.6 is 0 Å². The molecule has 0 unspecified atom stereocenters. The Kier molecular flexibility index (Phi) is 7.11. The monoisotopic (exact) mass is 505 g/mol. The minimum Gasteiger partial charge on any atom is -1.00 e. The Bertz CT molecular complexity index is 990. The fraction of sp³-hybridized carbons (Fsp3) is 0.143. The number of rotatable bonds is 6. The van der Waals surface area contributed by atoms with Gasteiger partial charge >= 0.3 is 0 Å². The topological polar surface area (TPSA) is 0 Å². The Morgan fingerprint density at radius 2 is 0.900 bits per heavy atom. The maximum Gasteiger partial charge on any atom is 0.159 e. The van der Waals surface area contributed by atoms with Gasteiger partial charge < -0.3 is 24.0 Å². The Hall–Kier alpha value is -2.43. The second-order valence-corrected chi connectivity index (χ2v) is 8.04. The van der Waals surface area contributed by atoms with Crippen molar-refractivity contribution >= 4 is 5.69 Å². The molecule has 0 saturated heterocycles. The predicted molar refractivity (Wildman–Crippen MR) is 124 cm³/mol. The standard InChI is InChI=1S/C28H28N.HI/c1-29(2,27-21-13-6-14-22-27)28(25-17-9-4-10-18-25,26-19-11-5-12-20-26)23-24-15-7-3-8-16-24;/h3-22H,23H2,1-2H3;1H/q+1;/p-1. The van der Waals surface area contributed by atoms with Gasteiger partial charge in [0.1, 0.15) is 5.69 Å². The first-order valence-corrected chi connectivity index (χ1v) is 10.2. The van der Waals surface area contributed by atoms with Crippen molar-refractivity contribution in [3.05, 3.63) is 138 Å². The maximum atomic E-state index is 2.33. The van der Waals surface area contributed by atoms with Crippen LogP contribution in [-0.4, -0.2) is 14.1 Å². The Morgan fingerprint density at radius 3 is 1.33 bits per heavy atom. The van der Waals surface area contributed by atoms with Crippen LogP contribution in [0.3, 0.4) is 0 Å². The van der Waals surface area contributed by atoms with Crippen molar-refractivity contribution in [1.29, 1.82) is 0 Å². The van der Waals surface area contributed by atoms with Gasteiger partial charge in [-0.25, -0.2) is 0 Å². The summed E-state index contributed by atoms with van der Waals surface area (Å²) in [6, 6.07) is 43.6. The molecule has 30 heavy (non-hydrogen) atoms. The highest BCUT2D eigenvalue weighted by Gasteiger charge is 2.50. The summed E-state index contributed by atoms with van der Waals surface area (Å²) in [5.74, 6) is 0. The Balaban J connectivity index is 0.00000256. The molecule has 152 valence electrons. The number of quaternary nitrogens is 1. The van der Waals surface area contributed by atoms with Crippen LogP contribution in [0.4, 0.5) is 5.69 Å². The van der Waals surface area contributed by atoms with E-state index in [0.717, 1.165) is 10.9 Å². The van der Waals surface area contributed by atoms with E-state index in [1.807, 2.05) is 0 Å². The van der Waals surface area contributed by atoms with E-state index < -0.39 is 0 Å². The number of halogens is 1. The first-order valence-electron chi connectivity index (χ1n) is 10.2. The summed E-state index contributed by atoms with van der Waals surface area (Å²) < 4.78 is 0.719. The van der Waals surface area contributed by atoms with Gasteiger partial charge in [0.2, 0.25) is 0 Å². The van der Waals surface area contributed by atoms with Gasteiger partial charge in [0.05, 0.1) is 14.1 Å². The first-order chi connectivity index (χ1) is 14.1. The second kappa shape index (κ2) is 9.59. The van der Waals surface area contributed by atoms with E-state index in [0.29, 0.717) is 0 Å². The molecule has 0 bridgehead atoms. The number of benzene rings is 4. The van der Waals surface area contributed by atoms with Crippen molar-refractivity contribution in [3.8, 4) is 0 Å². The van der Waals surface area contributed by atoms with Crippen LogP contribution in [0.1, 0.15) is 16.7 Å². The van der Waals surface area contributed by atoms with Gasteiger partial charge in [0.25, 0.3) is 0 Å². The zero-order chi connectivity index (χ0) is 20.2. The summed E-state index contributed by atoms with van der Waals surface area (Å²) in [4.78, 5) is 0. The van der Waals surface area contributed by atoms with Crippen molar-refractivity contribution in [1.82, 2.24) is 4.48 Å². The van der Waals surface area contributed by atoms with Crippen LogP contribution in [0.15, 0.2) is 121 Å². The van der Waals surface area contributed by atoms with Crippen LogP contribution in [0, 0.1) is 0 Å². The van der Waals surface area contributed by atoms with E-state index >= 15 is 0 Å². The molecule has 4 aromatic rings. The molecule has 0 radical (unpaired) electrons. The molecule has 0 aliphatic rings. The second-order valence-electron chi connectivity index (χ2n) is 8.04. The third kappa shape index (κ3) is 4.07. The van der Waals surface area contributed by atoms with Crippen LogP contribution < -0.4 is 28.5 Å². The molecule has 0 heterocycles. The van der Waals surface area contributed by atoms with E-state index in [1.54, 1.807) is 0 Å². The molecule has 4 aromatic carbocycles. The van der Waals surface area contributed by atoms with Crippen molar-refractivity contribution in [2.75, 3.05) is 14.1 Å². The zero-order valence-electron chi connectivity index (χ0n) is 17.6. The molecule has 0 spiro atoms. The summed E-state index contributed by atoms with van der Waals surface area (Å²) in [5.41, 5.74) is 5.00. The number of hydrogen-bond acceptors (Lipinski definition) is 0. The third-order valence-electron chi connectivity index (χ3n) is 6.16. The minimum absolute atomic E-state index is 0. The quantitative estimate of drug-likeness (QED) is 0.278. The highest BCUT2D eigenvalue weighted by atomic mass is 127. The van der Waals surface area contributed by atoms with Gasteiger partial charge in [-0.2, -0.15) is 0 Å². The lowest BCUT2D eigenvalue weighted by Crippen LogP contribution is -3.00. The van der Waals surface area contributed by atoms with E-state index in [1.165, 1.54) is 22.4 Å². The Labute approximate surface area is 197 Å². The molecular formula is C28H28IN. The number of likely N-dealkylation sites (N-methyl/N-ethyl adjacent to an activating group) is 1. The number of nitrogens with zero attached hydrogens (tertiary/aromatic N) is 1. The third-order valence-corrected chi connectivity index (χ3v) is 6.16. The fourth-order valence-electron chi connectivity index (χ4n) is 4.55. The van der Waals surface area contributed by atoms with Gasteiger partial charge in [-0.1, -0.05) is 109 Å². The lowest BCUT2D eigenvalue weighted by atomic mass is 9.75. The van der Waals surface area contributed by atoms with Crippen molar-refractivity contribution in [2.45, 2.75) is 12.0 Å². The summed E-state index contributed by atoms with van der Waals surface area (Å²) in [5, 5.41) is 0. The normalized spacial score (nSPS) is 11.5. The van der Waals surface area contributed by atoms with E-state index in [9.17, 15) is 0 Å². The van der Waals surface area contributed by atoms with Crippen LogP contribution in [-0.2, 0) is 12.0 Å². The van der Waals surface area contributed by atoms with Gasteiger partial charge in [-0.05, 0) is 17.7 Å². The van der Waals surface area contributed by atoms with Gasteiger partial charge in [0, 0.05) is 17.5 Å². The summed E-state index contributed by atoms with van der Waals surface area (Å²) >= 11 is 0. The summed E-state index contributed by atoms with van der Waals surface area (Å²) in [6.07, 6.45) is 0.907. The fourth-order valence-corrected chi connectivity index (χ4v) is 4.55. The summed E-state index contributed by atoms with van der Waals surface area (Å²) in [7, 11) is 4.66. The number of para-hydroxylation sites is 1. The molecule has 0 saturated carbocycles. The average Bonchev–Trinajstić information content (AvgIpc) is 2.80. The molecule has 0 amide bonds. The lowest BCUT2D eigenvalue weighted by Gasteiger charge is -2.49. The van der Waals surface area contributed by atoms with E-state index in [4.69, 9.17) is 0 Å². The van der Waals surface area contributed by atoms with Crippen molar-refractivity contribution < 1.29 is 24.0 Å². The highest BCUT2D eigenvalue weighted by molar-refractivity contribution is 5.53.